The summed E-state index contributed by atoms with van der Waals surface area (Å²) < 4.78 is 39.8. The van der Waals surface area contributed by atoms with E-state index >= 15 is 0 Å². The molecule has 0 atom stereocenters. The highest BCUT2D eigenvalue weighted by atomic mass is 19.4. The van der Waals surface area contributed by atoms with Crippen LogP contribution >= 0.6 is 0 Å². The van der Waals surface area contributed by atoms with Gasteiger partial charge in [0.1, 0.15) is 0 Å². The van der Waals surface area contributed by atoms with Crippen molar-refractivity contribution in [2.45, 2.75) is 13.1 Å². The molecule has 3 rings (SSSR count). The molecule has 0 bridgehead atoms. The minimum Gasteiger partial charge on any atom is -0.398 e. The molecular weight excluding hydrogens is 307 g/mol. The molecule has 0 unspecified atom stereocenters. The van der Waals surface area contributed by atoms with Crippen molar-refractivity contribution in [3.63, 3.8) is 0 Å². The fraction of sp³-hybridized carbons (Fsp3) is 0.133. The van der Waals surface area contributed by atoms with E-state index in [1.54, 1.807) is 18.2 Å². The zero-order valence-corrected chi connectivity index (χ0v) is 12.0. The summed E-state index contributed by atoms with van der Waals surface area (Å²) in [5.41, 5.74) is 7.40. The molecule has 1 heterocycles. The van der Waals surface area contributed by atoms with E-state index in [4.69, 9.17) is 5.73 Å². The number of alkyl halides is 3. The summed E-state index contributed by atoms with van der Waals surface area (Å²) in [7, 11) is 0. The van der Waals surface area contributed by atoms with Crippen molar-refractivity contribution in [1.29, 1.82) is 0 Å². The van der Waals surface area contributed by atoms with Gasteiger partial charge in [-0.3, -0.25) is 0 Å². The van der Waals surface area contributed by atoms with Crippen molar-refractivity contribution in [2.24, 2.45) is 0 Å². The molecule has 0 radical (unpaired) electrons. The lowest BCUT2D eigenvalue weighted by Crippen LogP contribution is -2.07. The Morgan fingerprint density at radius 2 is 1.87 bits per heavy atom. The van der Waals surface area contributed by atoms with Gasteiger partial charge in [-0.2, -0.15) is 17.9 Å². The Morgan fingerprint density at radius 1 is 1.09 bits per heavy atom. The number of hydrogen-bond donors (Lipinski definition) is 1. The third kappa shape index (κ3) is 2.87. The Bertz CT molecular complexity index is 854. The Morgan fingerprint density at radius 3 is 2.57 bits per heavy atom. The summed E-state index contributed by atoms with van der Waals surface area (Å²) >= 11 is 0. The number of rotatable bonds is 2. The molecule has 0 aliphatic carbocycles. The minimum absolute atomic E-state index is 0.221. The number of nitrogens with two attached hydrogens (primary N) is 1. The summed E-state index contributed by atoms with van der Waals surface area (Å²) in [6, 6.07) is 10.1. The average Bonchev–Trinajstić information content (AvgIpc) is 2.99. The Labute approximate surface area is 129 Å². The average molecular weight is 319 g/mol. The van der Waals surface area contributed by atoms with Crippen LogP contribution in [0.2, 0.25) is 0 Å². The highest BCUT2D eigenvalue weighted by Gasteiger charge is 2.30. The normalized spacial score (nSPS) is 11.7. The molecule has 5 nitrogen and oxygen atoms in total. The highest BCUT2D eigenvalue weighted by molar-refractivity contribution is 5.64. The lowest BCUT2D eigenvalue weighted by molar-refractivity contribution is -0.137. The lowest BCUT2D eigenvalue weighted by Gasteiger charge is -2.10. The second-order valence-corrected chi connectivity index (χ2v) is 5.03. The van der Waals surface area contributed by atoms with Crippen LogP contribution in [-0.2, 0) is 6.18 Å². The number of halogens is 3. The number of anilines is 1. The van der Waals surface area contributed by atoms with Crippen LogP contribution in [0.15, 0.2) is 42.5 Å². The number of aromatic nitrogens is 4. The maximum absolute atomic E-state index is 12.9. The van der Waals surface area contributed by atoms with Gasteiger partial charge >= 0.3 is 6.18 Å². The molecule has 2 aromatic carbocycles. The minimum atomic E-state index is -4.43. The largest absolute Gasteiger partial charge is 0.416 e. The first-order valence-electron chi connectivity index (χ1n) is 6.69. The van der Waals surface area contributed by atoms with Gasteiger partial charge in [0.25, 0.3) is 0 Å². The van der Waals surface area contributed by atoms with Crippen molar-refractivity contribution in [1.82, 2.24) is 20.2 Å². The van der Waals surface area contributed by atoms with E-state index in [9.17, 15) is 13.2 Å². The summed E-state index contributed by atoms with van der Waals surface area (Å²) in [6.45, 7) is 1.86. The summed E-state index contributed by atoms with van der Waals surface area (Å²) in [5.74, 6) is 0.316. The lowest BCUT2D eigenvalue weighted by atomic mass is 10.1. The third-order valence-corrected chi connectivity index (χ3v) is 3.42. The SMILES string of the molecule is Cc1ccc(-c2nnnn2-c2cccc(C(F)(F)F)c2)cc1N. The van der Waals surface area contributed by atoms with Gasteiger partial charge in [-0.15, -0.1) is 5.10 Å². The van der Waals surface area contributed by atoms with Crippen LogP contribution in [0.25, 0.3) is 17.1 Å². The summed E-state index contributed by atoms with van der Waals surface area (Å²) in [4.78, 5) is 0. The molecule has 0 aliphatic heterocycles. The Hall–Kier alpha value is -2.90. The number of hydrogen-bond acceptors (Lipinski definition) is 4. The zero-order chi connectivity index (χ0) is 16.6. The van der Waals surface area contributed by atoms with Gasteiger partial charge in [0.05, 0.1) is 11.3 Å². The second-order valence-electron chi connectivity index (χ2n) is 5.03. The van der Waals surface area contributed by atoms with E-state index in [0.29, 0.717) is 17.1 Å². The molecule has 1 aromatic heterocycles. The first-order valence-corrected chi connectivity index (χ1v) is 6.69. The number of benzene rings is 2. The van der Waals surface area contributed by atoms with Gasteiger partial charge in [0.15, 0.2) is 5.82 Å². The molecule has 0 fully saturated rings. The van der Waals surface area contributed by atoms with Crippen LogP contribution in [0.4, 0.5) is 18.9 Å². The zero-order valence-electron chi connectivity index (χ0n) is 12.0. The number of nitrogen functional groups attached to an aromatic ring is 1. The van der Waals surface area contributed by atoms with Gasteiger partial charge in [-0.25, -0.2) is 0 Å². The quantitative estimate of drug-likeness (QED) is 0.736. The van der Waals surface area contributed by atoms with Crippen LogP contribution in [0.1, 0.15) is 11.1 Å². The molecule has 0 spiro atoms. The number of nitrogens with zero attached hydrogens (tertiary/aromatic N) is 4. The smallest absolute Gasteiger partial charge is 0.398 e. The van der Waals surface area contributed by atoms with E-state index < -0.39 is 11.7 Å². The van der Waals surface area contributed by atoms with Gasteiger partial charge < -0.3 is 5.73 Å². The van der Waals surface area contributed by atoms with Crippen LogP contribution in [0.5, 0.6) is 0 Å². The van der Waals surface area contributed by atoms with Crippen LogP contribution in [0.3, 0.4) is 0 Å². The van der Waals surface area contributed by atoms with E-state index in [0.717, 1.165) is 17.7 Å². The van der Waals surface area contributed by atoms with Gasteiger partial charge in [0, 0.05) is 11.3 Å². The van der Waals surface area contributed by atoms with Crippen molar-refractivity contribution < 1.29 is 13.2 Å². The molecule has 118 valence electrons. The first kappa shape index (κ1) is 15.0. The van der Waals surface area contributed by atoms with Crippen molar-refractivity contribution in [2.75, 3.05) is 5.73 Å². The monoisotopic (exact) mass is 319 g/mol. The number of aryl methyl sites for hydroxylation is 1. The van der Waals surface area contributed by atoms with Crippen LogP contribution in [0, 0.1) is 6.92 Å². The van der Waals surface area contributed by atoms with E-state index in [1.165, 1.54) is 16.8 Å². The Balaban J connectivity index is 2.09. The van der Waals surface area contributed by atoms with Gasteiger partial charge in [-0.1, -0.05) is 18.2 Å². The van der Waals surface area contributed by atoms with Crippen LogP contribution in [-0.4, -0.2) is 20.2 Å². The second kappa shape index (κ2) is 5.38. The highest BCUT2D eigenvalue weighted by Crippen LogP contribution is 2.31. The van der Waals surface area contributed by atoms with Crippen molar-refractivity contribution >= 4 is 5.69 Å². The molecule has 2 N–H and O–H groups in total. The van der Waals surface area contributed by atoms with Crippen molar-refractivity contribution in [3.05, 3.63) is 53.6 Å². The molecule has 3 aromatic rings. The molecular formula is C15H12F3N5. The van der Waals surface area contributed by atoms with E-state index in [-0.39, 0.29) is 5.69 Å². The fourth-order valence-electron chi connectivity index (χ4n) is 2.13. The Kier molecular flexibility index (Phi) is 3.51. The molecule has 8 heteroatoms. The third-order valence-electron chi connectivity index (χ3n) is 3.42. The predicted octanol–water partition coefficient (Wildman–Crippen LogP) is 3.24. The molecule has 0 saturated heterocycles. The van der Waals surface area contributed by atoms with Gasteiger partial charge in [-0.05, 0) is 47.2 Å². The topological polar surface area (TPSA) is 69.6 Å². The van der Waals surface area contributed by atoms with Gasteiger partial charge in [0.2, 0.25) is 0 Å². The van der Waals surface area contributed by atoms with Crippen molar-refractivity contribution in [3.8, 4) is 17.1 Å². The summed E-state index contributed by atoms with van der Waals surface area (Å²) in [5, 5.41) is 11.2. The maximum atomic E-state index is 12.9. The van der Waals surface area contributed by atoms with E-state index in [2.05, 4.69) is 15.5 Å². The molecule has 23 heavy (non-hydrogen) atoms. The van der Waals surface area contributed by atoms with Crippen LogP contribution < -0.4 is 5.73 Å². The summed E-state index contributed by atoms with van der Waals surface area (Å²) in [6.07, 6.45) is -4.43. The fourth-order valence-corrected chi connectivity index (χ4v) is 2.13. The molecule has 0 saturated carbocycles. The standard InChI is InChI=1S/C15H12F3N5/c1-9-5-6-10(7-13(9)19)14-20-21-22-23(14)12-4-2-3-11(8-12)15(16,17)18/h2-8H,19H2,1H3. The molecule has 0 aliphatic rings. The molecule has 0 amide bonds. The maximum Gasteiger partial charge on any atom is 0.416 e. The first-order chi connectivity index (χ1) is 10.9. The number of tetrazole rings is 1. The predicted molar refractivity (Wildman–Crippen MR) is 78.7 cm³/mol. The van der Waals surface area contributed by atoms with E-state index in [1.807, 2.05) is 6.92 Å².